The summed E-state index contributed by atoms with van der Waals surface area (Å²) in [5.41, 5.74) is 2.78. The number of piperazine rings is 1. The van der Waals surface area contributed by atoms with Crippen molar-refractivity contribution < 1.29 is 13.2 Å². The number of hydrogen-bond donors (Lipinski definition) is 2. The Bertz CT molecular complexity index is 1650. The monoisotopic (exact) mass is 628 g/mol. The number of benzene rings is 1. The van der Waals surface area contributed by atoms with Crippen LogP contribution in [0.1, 0.15) is 0 Å². The second-order valence-electron chi connectivity index (χ2n) is 9.29. The second kappa shape index (κ2) is 11.3. The van der Waals surface area contributed by atoms with E-state index in [9.17, 15) is 8.42 Å². The second-order valence-corrected chi connectivity index (χ2v) is 12.2. The van der Waals surface area contributed by atoms with Gasteiger partial charge in [-0.25, -0.2) is 18.4 Å². The number of methoxy groups -OCH3 is 1. The Morgan fingerprint density at radius 1 is 1.00 bits per heavy atom. The van der Waals surface area contributed by atoms with Crippen molar-refractivity contribution in [3.05, 3.63) is 47.5 Å². The molecule has 40 heavy (non-hydrogen) atoms. The van der Waals surface area contributed by atoms with E-state index in [-0.39, 0.29) is 5.95 Å². The SMILES string of the molecule is COc1cc(N2CCN(C)CC2)cnc1Nc1ncc(Br)c(Nc2ccc3nccnc3c2N(C)S(C)(=O)=O)n1. The van der Waals surface area contributed by atoms with Crippen molar-refractivity contribution in [2.45, 2.75) is 0 Å². The van der Waals surface area contributed by atoms with Gasteiger partial charge in [0, 0.05) is 57.9 Å². The zero-order chi connectivity index (χ0) is 28.4. The Morgan fingerprint density at radius 2 is 1.75 bits per heavy atom. The Labute approximate surface area is 240 Å². The van der Waals surface area contributed by atoms with E-state index in [0.29, 0.717) is 44.3 Å². The predicted octanol–water partition coefficient (Wildman–Crippen LogP) is 3.22. The number of aromatic nitrogens is 5. The number of halogens is 1. The Balaban J connectivity index is 1.45. The fourth-order valence-electron chi connectivity index (χ4n) is 4.28. The maximum absolute atomic E-state index is 12.5. The molecule has 4 heterocycles. The molecule has 0 atom stereocenters. The molecule has 4 aromatic rings. The van der Waals surface area contributed by atoms with Gasteiger partial charge in [0.1, 0.15) is 17.0 Å². The molecule has 0 aliphatic carbocycles. The van der Waals surface area contributed by atoms with Crippen LogP contribution < -0.4 is 24.6 Å². The summed E-state index contributed by atoms with van der Waals surface area (Å²) >= 11 is 3.49. The lowest BCUT2D eigenvalue weighted by atomic mass is 10.2. The van der Waals surface area contributed by atoms with Crippen LogP contribution in [0.2, 0.25) is 0 Å². The van der Waals surface area contributed by atoms with Gasteiger partial charge in [-0.3, -0.25) is 14.3 Å². The maximum Gasteiger partial charge on any atom is 0.232 e. The number of ether oxygens (including phenoxy) is 1. The average molecular weight is 630 g/mol. The Morgan fingerprint density at radius 3 is 2.48 bits per heavy atom. The first-order valence-corrected chi connectivity index (χ1v) is 15.0. The van der Waals surface area contributed by atoms with Crippen LogP contribution in [0.3, 0.4) is 0 Å². The molecule has 0 spiro atoms. The molecule has 15 heteroatoms. The van der Waals surface area contributed by atoms with Gasteiger partial charge in [0.2, 0.25) is 16.0 Å². The lowest BCUT2D eigenvalue weighted by Gasteiger charge is -2.34. The van der Waals surface area contributed by atoms with Crippen molar-refractivity contribution in [2.24, 2.45) is 0 Å². The predicted molar refractivity (Wildman–Crippen MR) is 160 cm³/mol. The standard InChI is InChI=1S/C25H29BrN10O3S/c1-34-9-11-36(12-10-34)16-13-20(39-3)24(29-14-16)33-25-30-15-17(26)23(32-25)31-19-6-5-18-21(28-8-7-27-18)22(19)35(2)40(4,37)38/h5-8,13-15H,9-12H2,1-4H3,(H2,29,30,31,32,33). The van der Waals surface area contributed by atoms with Crippen molar-refractivity contribution in [3.8, 4) is 5.75 Å². The third kappa shape index (κ3) is 5.85. The van der Waals surface area contributed by atoms with Gasteiger partial charge in [0.25, 0.3) is 0 Å². The van der Waals surface area contributed by atoms with Crippen LogP contribution in [0.4, 0.5) is 34.6 Å². The zero-order valence-electron chi connectivity index (χ0n) is 22.5. The van der Waals surface area contributed by atoms with Gasteiger partial charge in [-0.2, -0.15) is 4.98 Å². The number of hydrogen-bond acceptors (Lipinski definition) is 12. The molecule has 1 fully saturated rings. The minimum atomic E-state index is -3.60. The van der Waals surface area contributed by atoms with Gasteiger partial charge >= 0.3 is 0 Å². The lowest BCUT2D eigenvalue weighted by Crippen LogP contribution is -2.44. The molecule has 210 valence electrons. The molecule has 1 saturated heterocycles. The summed E-state index contributed by atoms with van der Waals surface area (Å²) in [6.45, 7) is 3.79. The molecule has 5 rings (SSSR count). The van der Waals surface area contributed by atoms with Crippen LogP contribution >= 0.6 is 15.9 Å². The number of sulfonamides is 1. The number of nitrogens with zero attached hydrogens (tertiary/aromatic N) is 8. The van der Waals surface area contributed by atoms with Crippen molar-refractivity contribution >= 4 is 71.6 Å². The highest BCUT2D eigenvalue weighted by atomic mass is 79.9. The molecule has 13 nitrogen and oxygen atoms in total. The molecule has 0 amide bonds. The highest BCUT2D eigenvalue weighted by molar-refractivity contribution is 9.10. The summed E-state index contributed by atoms with van der Waals surface area (Å²) in [7, 11) is 1.57. The van der Waals surface area contributed by atoms with Crippen molar-refractivity contribution in [1.82, 2.24) is 29.8 Å². The Hall–Kier alpha value is -3.82. The molecule has 0 radical (unpaired) electrons. The van der Waals surface area contributed by atoms with Gasteiger partial charge < -0.3 is 25.2 Å². The highest BCUT2D eigenvalue weighted by Gasteiger charge is 2.22. The summed E-state index contributed by atoms with van der Waals surface area (Å²) in [6, 6.07) is 5.44. The van der Waals surface area contributed by atoms with E-state index in [4.69, 9.17) is 4.74 Å². The van der Waals surface area contributed by atoms with E-state index in [1.54, 1.807) is 37.8 Å². The normalized spacial score (nSPS) is 14.3. The highest BCUT2D eigenvalue weighted by Crippen LogP contribution is 2.37. The third-order valence-corrected chi connectivity index (χ3v) is 8.34. The van der Waals surface area contributed by atoms with Crippen LogP contribution in [-0.2, 0) is 10.0 Å². The summed E-state index contributed by atoms with van der Waals surface area (Å²) in [5, 5.41) is 6.35. The molecule has 1 aliphatic heterocycles. The molecule has 1 aliphatic rings. The average Bonchev–Trinajstić information content (AvgIpc) is 2.94. The molecule has 0 bridgehead atoms. The van der Waals surface area contributed by atoms with Gasteiger partial charge in [0.05, 0.1) is 40.9 Å². The molecule has 1 aromatic carbocycles. The number of fused-ring (bicyclic) bond motifs is 1. The first-order chi connectivity index (χ1) is 19.1. The fourth-order valence-corrected chi connectivity index (χ4v) is 5.08. The van der Waals surface area contributed by atoms with Gasteiger partial charge in [0.15, 0.2) is 11.6 Å². The van der Waals surface area contributed by atoms with E-state index in [0.717, 1.165) is 42.4 Å². The van der Waals surface area contributed by atoms with E-state index >= 15 is 0 Å². The lowest BCUT2D eigenvalue weighted by molar-refractivity contribution is 0.312. The van der Waals surface area contributed by atoms with Gasteiger partial charge in [-0.1, -0.05) is 0 Å². The molecular formula is C25H29BrN10O3S. The number of likely N-dealkylation sites (N-methyl/N-ethyl adjacent to an activating group) is 1. The van der Waals surface area contributed by atoms with E-state index < -0.39 is 10.0 Å². The fraction of sp³-hybridized carbons (Fsp3) is 0.320. The first-order valence-electron chi connectivity index (χ1n) is 12.4. The minimum Gasteiger partial charge on any atom is -0.493 e. The number of pyridine rings is 1. The summed E-state index contributed by atoms with van der Waals surface area (Å²) in [6.07, 6.45) is 7.59. The topological polar surface area (TPSA) is 142 Å². The molecule has 0 saturated carbocycles. The first kappa shape index (κ1) is 27.7. The number of rotatable bonds is 8. The van der Waals surface area contributed by atoms with Crippen LogP contribution in [0, 0.1) is 0 Å². The van der Waals surface area contributed by atoms with E-state index in [1.807, 2.05) is 6.07 Å². The molecule has 2 N–H and O–H groups in total. The largest absolute Gasteiger partial charge is 0.493 e. The maximum atomic E-state index is 12.5. The van der Waals surface area contributed by atoms with Crippen LogP contribution in [-0.4, -0.2) is 91.9 Å². The zero-order valence-corrected chi connectivity index (χ0v) is 24.9. The van der Waals surface area contributed by atoms with Crippen LogP contribution in [0.25, 0.3) is 11.0 Å². The number of nitrogens with one attached hydrogen (secondary N) is 2. The smallest absolute Gasteiger partial charge is 0.232 e. The van der Waals surface area contributed by atoms with Gasteiger partial charge in [-0.15, -0.1) is 0 Å². The summed E-state index contributed by atoms with van der Waals surface area (Å²) in [4.78, 5) is 26.8. The van der Waals surface area contributed by atoms with E-state index in [1.165, 1.54) is 13.2 Å². The minimum absolute atomic E-state index is 0.266. The molecular weight excluding hydrogens is 600 g/mol. The van der Waals surface area contributed by atoms with E-state index in [2.05, 4.69) is 68.3 Å². The quantitative estimate of drug-likeness (QED) is 0.296. The van der Waals surface area contributed by atoms with Crippen LogP contribution in [0.15, 0.2) is 47.5 Å². The van der Waals surface area contributed by atoms with Crippen molar-refractivity contribution in [1.29, 1.82) is 0 Å². The molecule has 3 aromatic heterocycles. The Kier molecular flexibility index (Phi) is 7.87. The van der Waals surface area contributed by atoms with Gasteiger partial charge in [-0.05, 0) is 35.1 Å². The third-order valence-electron chi connectivity index (χ3n) is 6.58. The number of anilines is 6. The van der Waals surface area contributed by atoms with Crippen LogP contribution in [0.5, 0.6) is 5.75 Å². The van der Waals surface area contributed by atoms with Crippen molar-refractivity contribution in [3.63, 3.8) is 0 Å². The van der Waals surface area contributed by atoms with Crippen molar-refractivity contribution in [2.75, 3.05) is 73.5 Å². The summed E-state index contributed by atoms with van der Waals surface area (Å²) in [5.74, 6) is 1.69. The molecule has 0 unspecified atom stereocenters. The summed E-state index contributed by atoms with van der Waals surface area (Å²) < 4.78 is 32.3.